The van der Waals surface area contributed by atoms with Gasteiger partial charge in [-0.25, -0.2) is 4.79 Å². The lowest BCUT2D eigenvalue weighted by molar-refractivity contribution is -1.48. The molecule has 23 heavy (non-hydrogen) atoms. The van der Waals surface area contributed by atoms with E-state index in [1.807, 2.05) is 49.3 Å². The fourth-order valence-corrected chi connectivity index (χ4v) is 2.25. The summed E-state index contributed by atoms with van der Waals surface area (Å²) in [6.07, 6.45) is 0.730. The molecule has 1 unspecified atom stereocenters. The maximum absolute atomic E-state index is 11.4. The number of nitrogens with zero attached hydrogens (tertiary/aromatic N) is 3. The Morgan fingerprint density at radius 1 is 1.00 bits per heavy atom. The van der Waals surface area contributed by atoms with Crippen molar-refractivity contribution in [3.63, 3.8) is 0 Å². The molecule has 0 N–H and O–H groups in total. The van der Waals surface area contributed by atoms with Gasteiger partial charge < -0.3 is 4.74 Å². The zero-order valence-electron chi connectivity index (χ0n) is 16.4. The number of rotatable bonds is 10. The largest absolute Gasteiger partial charge is 0.462 e. The van der Waals surface area contributed by atoms with Gasteiger partial charge >= 0.3 is 5.97 Å². The van der Waals surface area contributed by atoms with Crippen LogP contribution in [0.3, 0.4) is 0 Å². The lowest BCUT2D eigenvalue weighted by atomic mass is 10.1. The summed E-state index contributed by atoms with van der Waals surface area (Å²) in [5, 5.41) is 0. The van der Waals surface area contributed by atoms with Crippen molar-refractivity contribution in [1.29, 1.82) is 0 Å². The van der Waals surface area contributed by atoms with Crippen LogP contribution in [0, 0.1) is 5.92 Å². The maximum Gasteiger partial charge on any atom is 0.333 e. The highest BCUT2D eigenvalue weighted by molar-refractivity contribution is 5.86. The molecule has 0 aliphatic heterocycles. The minimum absolute atomic E-state index is 0.00258. The van der Waals surface area contributed by atoms with E-state index in [0.29, 0.717) is 28.0 Å². The van der Waals surface area contributed by atoms with Crippen LogP contribution in [-0.2, 0) is 19.4 Å². The predicted molar refractivity (Wildman–Crippen MR) is 88.8 cm³/mol. The van der Waals surface area contributed by atoms with E-state index in [9.17, 15) is 4.79 Å². The second-order valence-corrected chi connectivity index (χ2v) is 7.95. The molecule has 0 spiro atoms. The highest BCUT2D eigenvalue weighted by atomic mass is 17.1. The minimum Gasteiger partial charge on any atom is -0.462 e. The Morgan fingerprint density at radius 3 is 1.78 bits per heavy atom. The molecule has 1 atom stereocenters. The number of hydroxylamine groups is 10. The first kappa shape index (κ1) is 22.0. The van der Waals surface area contributed by atoms with Gasteiger partial charge in [0.05, 0.1) is 11.4 Å². The van der Waals surface area contributed by atoms with Crippen molar-refractivity contribution in [3.05, 3.63) is 12.2 Å². The normalized spacial score (nSPS) is 14.5. The highest BCUT2D eigenvalue weighted by Gasteiger charge is 2.42. The number of hydrogen-bond acceptors (Lipinski definition) is 4. The molecule has 0 aromatic heterocycles. The molecule has 7 nitrogen and oxygen atoms in total. The Hall–Kier alpha value is -0.990. The molecule has 0 aromatic carbocycles. The van der Waals surface area contributed by atoms with Crippen molar-refractivity contribution in [3.8, 4) is 0 Å². The van der Waals surface area contributed by atoms with E-state index >= 15 is 0 Å². The molecular weight excluding hydrogens is 298 g/mol. The smallest absolute Gasteiger partial charge is 0.333 e. The van der Waals surface area contributed by atoms with Crippen LogP contribution in [0.1, 0.15) is 20.3 Å². The molecule has 0 amide bonds. The molecule has 0 aliphatic rings. The SMILES string of the molecule is C=C(C)C(=O)OCCC(C)C[N+](C)(O[N+](C)(C)C)O[N+](C)(C)C. The molecule has 0 radical (unpaired) electrons. The Bertz CT molecular complexity index is 395. The van der Waals surface area contributed by atoms with Gasteiger partial charge in [0, 0.05) is 21.4 Å². The summed E-state index contributed by atoms with van der Waals surface area (Å²) in [6.45, 7) is 8.30. The fourth-order valence-electron chi connectivity index (χ4n) is 2.25. The maximum atomic E-state index is 11.4. The van der Waals surface area contributed by atoms with Crippen LogP contribution in [0.4, 0.5) is 0 Å². The van der Waals surface area contributed by atoms with E-state index in [2.05, 4.69) is 13.5 Å². The van der Waals surface area contributed by atoms with Gasteiger partial charge in [0.15, 0.2) is 6.54 Å². The van der Waals surface area contributed by atoms with Crippen molar-refractivity contribution in [2.24, 2.45) is 5.92 Å². The van der Waals surface area contributed by atoms with Gasteiger partial charge in [-0.3, -0.25) is 0 Å². The van der Waals surface area contributed by atoms with Crippen molar-refractivity contribution >= 4 is 5.97 Å². The van der Waals surface area contributed by atoms with Crippen molar-refractivity contribution < 1.29 is 33.5 Å². The molecule has 0 saturated carbocycles. The quantitative estimate of drug-likeness (QED) is 0.264. The number of carbonyl (C=O) groups is 1. The summed E-state index contributed by atoms with van der Waals surface area (Å²) in [5.74, 6) is -0.101. The molecule has 0 bridgehead atoms. The third-order valence-corrected chi connectivity index (χ3v) is 2.67. The molecular formula is C16H36N3O4+3. The van der Waals surface area contributed by atoms with Crippen molar-refractivity contribution in [2.45, 2.75) is 20.3 Å². The predicted octanol–water partition coefficient (Wildman–Crippen LogP) is 1.68. The fraction of sp³-hybridized carbons (Fsp3) is 0.812. The summed E-state index contributed by atoms with van der Waals surface area (Å²) >= 11 is 0. The molecule has 7 heteroatoms. The second-order valence-electron chi connectivity index (χ2n) is 7.95. The summed E-state index contributed by atoms with van der Waals surface area (Å²) in [7, 11) is 13.5. The van der Waals surface area contributed by atoms with Crippen LogP contribution in [0.25, 0.3) is 0 Å². The molecule has 0 aromatic rings. The van der Waals surface area contributed by atoms with E-state index in [0.717, 1.165) is 6.42 Å². The Labute approximate surface area is 141 Å². The van der Waals surface area contributed by atoms with Crippen LogP contribution in [0.2, 0.25) is 0 Å². The lowest BCUT2D eigenvalue weighted by Gasteiger charge is -2.35. The summed E-state index contributed by atoms with van der Waals surface area (Å²) in [4.78, 5) is 23.5. The standard InChI is InChI=1S/C16H36N3O4/c1-14(2)16(20)21-12-11-15(3)13-19(10,22-17(4,5)6)23-18(7,8)9/h15H,1,11-13H2,2-10H3/q+3. The first-order valence-electron chi connectivity index (χ1n) is 7.87. The minimum atomic E-state index is -0.348. The third kappa shape index (κ3) is 11.2. The third-order valence-electron chi connectivity index (χ3n) is 2.67. The first-order valence-corrected chi connectivity index (χ1v) is 7.87. The van der Waals surface area contributed by atoms with Crippen LogP contribution in [-0.4, -0.2) is 82.6 Å². The van der Waals surface area contributed by atoms with Gasteiger partial charge in [-0.05, 0) is 13.3 Å². The van der Waals surface area contributed by atoms with E-state index < -0.39 is 0 Å². The van der Waals surface area contributed by atoms with Crippen LogP contribution < -0.4 is 0 Å². The average molecular weight is 334 g/mol. The van der Waals surface area contributed by atoms with Gasteiger partial charge in [-0.1, -0.05) is 13.5 Å². The van der Waals surface area contributed by atoms with Crippen LogP contribution >= 0.6 is 0 Å². The summed E-state index contributed by atoms with van der Waals surface area (Å²) < 4.78 is 5.78. The Balaban J connectivity index is 4.69. The van der Waals surface area contributed by atoms with E-state index in [1.165, 1.54) is 0 Å². The molecule has 0 heterocycles. The summed E-state index contributed by atoms with van der Waals surface area (Å²) in [5.41, 5.74) is 0.417. The first-order chi connectivity index (χ1) is 10.1. The molecule has 0 saturated heterocycles. The van der Waals surface area contributed by atoms with E-state index in [1.54, 1.807) is 6.92 Å². The van der Waals surface area contributed by atoms with Gasteiger partial charge in [0.2, 0.25) is 0 Å². The molecule has 0 aliphatic carbocycles. The topological polar surface area (TPSA) is 44.8 Å². The number of hydrogen-bond donors (Lipinski definition) is 0. The highest BCUT2D eigenvalue weighted by Crippen LogP contribution is 2.19. The Morgan fingerprint density at radius 2 is 1.43 bits per heavy atom. The van der Waals surface area contributed by atoms with E-state index in [4.69, 9.17) is 14.6 Å². The average Bonchev–Trinajstić information content (AvgIpc) is 2.21. The van der Waals surface area contributed by atoms with Crippen LogP contribution in [0.15, 0.2) is 12.2 Å². The molecule has 136 valence electrons. The number of esters is 1. The Kier molecular flexibility index (Phi) is 7.86. The van der Waals surface area contributed by atoms with Crippen molar-refractivity contribution in [2.75, 3.05) is 62.5 Å². The molecule has 0 fully saturated rings. The zero-order chi connectivity index (χ0) is 18.5. The van der Waals surface area contributed by atoms with E-state index in [-0.39, 0.29) is 16.7 Å². The number of ether oxygens (including phenoxy) is 1. The molecule has 0 rings (SSSR count). The van der Waals surface area contributed by atoms with Crippen LogP contribution in [0.5, 0.6) is 0 Å². The lowest BCUT2D eigenvalue weighted by Crippen LogP contribution is -2.60. The zero-order valence-corrected chi connectivity index (χ0v) is 16.4. The summed E-state index contributed by atoms with van der Waals surface area (Å²) in [6, 6.07) is 0. The number of quaternary nitrogens is 3. The van der Waals surface area contributed by atoms with Crippen molar-refractivity contribution in [1.82, 2.24) is 0 Å². The van der Waals surface area contributed by atoms with Gasteiger partial charge in [0.1, 0.15) is 49.3 Å². The second kappa shape index (κ2) is 8.21. The number of carbonyl (C=O) groups excluding carboxylic acids is 1. The van der Waals surface area contributed by atoms with Gasteiger partial charge in [-0.15, -0.1) is 9.29 Å². The van der Waals surface area contributed by atoms with Gasteiger partial charge in [-0.2, -0.15) is 0 Å². The van der Waals surface area contributed by atoms with Gasteiger partial charge in [0.25, 0.3) is 0 Å². The monoisotopic (exact) mass is 334 g/mol.